The molecule has 0 fully saturated rings. The van der Waals surface area contributed by atoms with Crippen LogP contribution in [0.1, 0.15) is 22.5 Å². The standard InChI is InChI=1S/C20H23N5/c1-15-12-16(2)24-20(23-15)22-13-18-10-7-11-21-19(18)25(3)14-17-8-5-4-6-9-17/h4-12H,13-14H2,1-3H3,(H,22,23,24). The molecule has 3 rings (SSSR count). The van der Waals surface area contributed by atoms with E-state index in [0.29, 0.717) is 12.5 Å². The smallest absolute Gasteiger partial charge is 0.223 e. The maximum absolute atomic E-state index is 4.57. The van der Waals surface area contributed by atoms with Gasteiger partial charge in [-0.15, -0.1) is 0 Å². The third-order valence-corrected chi connectivity index (χ3v) is 3.91. The summed E-state index contributed by atoms with van der Waals surface area (Å²) in [4.78, 5) is 15.6. The molecule has 0 bridgehead atoms. The van der Waals surface area contributed by atoms with Crippen molar-refractivity contribution >= 4 is 11.8 Å². The molecule has 2 heterocycles. The number of rotatable bonds is 6. The number of nitrogens with one attached hydrogen (secondary N) is 1. The van der Waals surface area contributed by atoms with Crippen LogP contribution in [-0.4, -0.2) is 22.0 Å². The van der Waals surface area contributed by atoms with Crippen LogP contribution in [-0.2, 0) is 13.1 Å². The molecule has 5 heteroatoms. The average molecular weight is 333 g/mol. The Morgan fingerprint density at radius 3 is 2.40 bits per heavy atom. The number of anilines is 2. The van der Waals surface area contributed by atoms with Gasteiger partial charge in [-0.05, 0) is 31.5 Å². The molecule has 0 aliphatic carbocycles. The first-order chi connectivity index (χ1) is 12.1. The van der Waals surface area contributed by atoms with Crippen LogP contribution < -0.4 is 10.2 Å². The Hall–Kier alpha value is -2.95. The van der Waals surface area contributed by atoms with Crippen molar-refractivity contribution in [3.63, 3.8) is 0 Å². The summed E-state index contributed by atoms with van der Waals surface area (Å²) in [5.74, 6) is 1.61. The van der Waals surface area contributed by atoms with Gasteiger partial charge in [0.15, 0.2) is 0 Å². The van der Waals surface area contributed by atoms with Crippen LogP contribution >= 0.6 is 0 Å². The quantitative estimate of drug-likeness (QED) is 0.745. The molecule has 0 spiro atoms. The average Bonchev–Trinajstić information content (AvgIpc) is 2.60. The molecule has 3 aromatic rings. The van der Waals surface area contributed by atoms with E-state index in [1.807, 2.05) is 38.2 Å². The Bertz CT molecular complexity index is 812. The van der Waals surface area contributed by atoms with E-state index in [1.165, 1.54) is 5.56 Å². The molecular formula is C20H23N5. The topological polar surface area (TPSA) is 53.9 Å². The van der Waals surface area contributed by atoms with Gasteiger partial charge in [-0.3, -0.25) is 0 Å². The Balaban J connectivity index is 1.74. The molecule has 0 saturated carbocycles. The second-order valence-corrected chi connectivity index (χ2v) is 6.16. The molecule has 25 heavy (non-hydrogen) atoms. The summed E-state index contributed by atoms with van der Waals surface area (Å²) in [5.41, 5.74) is 4.29. The van der Waals surface area contributed by atoms with Crippen molar-refractivity contribution < 1.29 is 0 Å². The third-order valence-electron chi connectivity index (χ3n) is 3.91. The number of hydrogen-bond acceptors (Lipinski definition) is 5. The van der Waals surface area contributed by atoms with Gasteiger partial charge in [0.25, 0.3) is 0 Å². The number of aryl methyl sites for hydroxylation is 2. The maximum Gasteiger partial charge on any atom is 0.223 e. The van der Waals surface area contributed by atoms with E-state index < -0.39 is 0 Å². The van der Waals surface area contributed by atoms with Crippen LogP contribution in [0.4, 0.5) is 11.8 Å². The minimum Gasteiger partial charge on any atom is -0.355 e. The second kappa shape index (κ2) is 7.75. The minimum atomic E-state index is 0.630. The molecule has 2 aromatic heterocycles. The number of nitrogens with zero attached hydrogens (tertiary/aromatic N) is 4. The van der Waals surface area contributed by atoms with Crippen molar-refractivity contribution in [2.45, 2.75) is 26.9 Å². The zero-order valence-corrected chi connectivity index (χ0v) is 14.9. The molecule has 0 radical (unpaired) electrons. The first-order valence-electron chi connectivity index (χ1n) is 8.37. The molecule has 128 valence electrons. The molecule has 0 aliphatic rings. The Labute approximate surface area is 148 Å². The minimum absolute atomic E-state index is 0.630. The van der Waals surface area contributed by atoms with E-state index in [4.69, 9.17) is 0 Å². The summed E-state index contributed by atoms with van der Waals surface area (Å²) >= 11 is 0. The van der Waals surface area contributed by atoms with E-state index in [2.05, 4.69) is 62.5 Å². The highest BCUT2D eigenvalue weighted by molar-refractivity contribution is 5.48. The highest BCUT2D eigenvalue weighted by Gasteiger charge is 2.10. The predicted molar refractivity (Wildman–Crippen MR) is 102 cm³/mol. The lowest BCUT2D eigenvalue weighted by molar-refractivity contribution is 0.879. The van der Waals surface area contributed by atoms with E-state index in [9.17, 15) is 0 Å². The van der Waals surface area contributed by atoms with Crippen molar-refractivity contribution in [1.29, 1.82) is 0 Å². The van der Waals surface area contributed by atoms with Crippen molar-refractivity contribution in [2.24, 2.45) is 0 Å². The number of hydrogen-bond donors (Lipinski definition) is 1. The summed E-state index contributed by atoms with van der Waals surface area (Å²) < 4.78 is 0. The number of pyridine rings is 1. The third kappa shape index (κ3) is 4.53. The highest BCUT2D eigenvalue weighted by atomic mass is 15.2. The Kier molecular flexibility index (Phi) is 5.23. The summed E-state index contributed by atoms with van der Waals surface area (Å²) in [6.45, 7) is 5.39. The van der Waals surface area contributed by atoms with Gasteiger partial charge in [0.05, 0.1) is 0 Å². The Morgan fingerprint density at radius 1 is 0.960 bits per heavy atom. The van der Waals surface area contributed by atoms with E-state index in [1.54, 1.807) is 0 Å². The molecule has 0 aliphatic heterocycles. The Morgan fingerprint density at radius 2 is 1.68 bits per heavy atom. The van der Waals surface area contributed by atoms with Gasteiger partial charge in [-0.1, -0.05) is 36.4 Å². The second-order valence-electron chi connectivity index (χ2n) is 6.16. The lowest BCUT2D eigenvalue weighted by Gasteiger charge is -2.21. The fraction of sp³-hybridized carbons (Fsp3) is 0.250. The highest BCUT2D eigenvalue weighted by Crippen LogP contribution is 2.19. The van der Waals surface area contributed by atoms with E-state index in [-0.39, 0.29) is 0 Å². The maximum atomic E-state index is 4.57. The number of benzene rings is 1. The zero-order valence-electron chi connectivity index (χ0n) is 14.9. The first kappa shape index (κ1) is 16.9. The normalized spacial score (nSPS) is 10.5. The molecule has 0 amide bonds. The van der Waals surface area contributed by atoms with Crippen LogP contribution in [0.25, 0.3) is 0 Å². The van der Waals surface area contributed by atoms with Crippen LogP contribution in [0.5, 0.6) is 0 Å². The summed E-state index contributed by atoms with van der Waals surface area (Å²) in [6.07, 6.45) is 1.83. The van der Waals surface area contributed by atoms with Gasteiger partial charge in [-0.25, -0.2) is 15.0 Å². The van der Waals surface area contributed by atoms with E-state index >= 15 is 0 Å². The monoisotopic (exact) mass is 333 g/mol. The van der Waals surface area contributed by atoms with Gasteiger partial charge in [0, 0.05) is 43.3 Å². The summed E-state index contributed by atoms with van der Waals surface area (Å²) in [7, 11) is 2.06. The van der Waals surface area contributed by atoms with Crippen molar-refractivity contribution in [2.75, 3.05) is 17.3 Å². The lowest BCUT2D eigenvalue weighted by Crippen LogP contribution is -2.20. The van der Waals surface area contributed by atoms with Gasteiger partial charge in [-0.2, -0.15) is 0 Å². The predicted octanol–water partition coefficient (Wildman–Crippen LogP) is 3.74. The molecule has 0 unspecified atom stereocenters. The van der Waals surface area contributed by atoms with Gasteiger partial charge in [0.2, 0.25) is 5.95 Å². The van der Waals surface area contributed by atoms with Crippen LogP contribution in [0.3, 0.4) is 0 Å². The van der Waals surface area contributed by atoms with Crippen molar-refractivity contribution in [3.8, 4) is 0 Å². The van der Waals surface area contributed by atoms with Crippen LogP contribution in [0, 0.1) is 13.8 Å². The van der Waals surface area contributed by atoms with Crippen molar-refractivity contribution in [3.05, 3.63) is 77.2 Å². The van der Waals surface area contributed by atoms with Crippen molar-refractivity contribution in [1.82, 2.24) is 15.0 Å². The van der Waals surface area contributed by atoms with Crippen LogP contribution in [0.2, 0.25) is 0 Å². The summed E-state index contributed by atoms with van der Waals surface area (Å²) in [6, 6.07) is 16.4. The summed E-state index contributed by atoms with van der Waals surface area (Å²) in [5, 5.41) is 3.31. The SMILES string of the molecule is Cc1cc(C)nc(NCc2cccnc2N(C)Cc2ccccc2)n1. The lowest BCUT2D eigenvalue weighted by atomic mass is 10.2. The zero-order chi connectivity index (χ0) is 17.6. The van der Waals surface area contributed by atoms with Gasteiger partial charge in [0.1, 0.15) is 5.82 Å². The first-order valence-corrected chi connectivity index (χ1v) is 8.37. The van der Waals surface area contributed by atoms with E-state index in [0.717, 1.165) is 29.3 Å². The molecule has 1 aromatic carbocycles. The fourth-order valence-electron chi connectivity index (χ4n) is 2.82. The molecule has 1 N–H and O–H groups in total. The molecular weight excluding hydrogens is 310 g/mol. The number of aromatic nitrogens is 3. The van der Waals surface area contributed by atoms with Gasteiger partial charge >= 0.3 is 0 Å². The molecule has 0 atom stereocenters. The largest absolute Gasteiger partial charge is 0.355 e. The fourth-order valence-corrected chi connectivity index (χ4v) is 2.82. The van der Waals surface area contributed by atoms with Gasteiger partial charge < -0.3 is 10.2 Å². The molecule has 0 saturated heterocycles. The van der Waals surface area contributed by atoms with Crippen LogP contribution in [0.15, 0.2) is 54.7 Å². The molecule has 5 nitrogen and oxygen atoms in total.